The molecule has 2 aromatic carbocycles. The van der Waals surface area contributed by atoms with Gasteiger partial charge in [0.15, 0.2) is 5.16 Å². The molecule has 2 aliphatic heterocycles. The second kappa shape index (κ2) is 7.98. The predicted octanol–water partition coefficient (Wildman–Crippen LogP) is 4.78. The van der Waals surface area contributed by atoms with Crippen LogP contribution in [0, 0.1) is 0 Å². The fraction of sp³-hybridized carbons (Fsp3) is 0.292. The largest absolute Gasteiger partial charge is 0.365 e. The minimum Gasteiger partial charge on any atom is -0.365 e. The molecular weight excluding hydrogens is 440 g/mol. The van der Waals surface area contributed by atoms with Gasteiger partial charge >= 0.3 is 0 Å². The summed E-state index contributed by atoms with van der Waals surface area (Å²) in [5, 5.41) is 3.90. The molecule has 0 N–H and O–H groups in total. The lowest BCUT2D eigenvalue weighted by molar-refractivity contribution is 0.559. The van der Waals surface area contributed by atoms with Gasteiger partial charge in [0.25, 0.3) is 0 Å². The van der Waals surface area contributed by atoms with E-state index in [9.17, 15) is 0 Å². The van der Waals surface area contributed by atoms with Gasteiger partial charge in [0.1, 0.15) is 5.82 Å². The summed E-state index contributed by atoms with van der Waals surface area (Å²) in [5.74, 6) is 1.09. The van der Waals surface area contributed by atoms with Gasteiger partial charge in [0.05, 0.1) is 35.8 Å². The molecule has 0 saturated carbocycles. The molecule has 0 aliphatic carbocycles. The lowest BCUT2D eigenvalue weighted by Gasteiger charge is -2.35. The average molecular weight is 463 g/mol. The van der Waals surface area contributed by atoms with Crippen molar-refractivity contribution in [2.75, 3.05) is 29.1 Å². The fourth-order valence-electron chi connectivity index (χ4n) is 4.85. The summed E-state index contributed by atoms with van der Waals surface area (Å²) in [6, 6.07) is 12.5. The van der Waals surface area contributed by atoms with Crippen molar-refractivity contribution in [3.8, 4) is 0 Å². The molecule has 2 aliphatic rings. The van der Waals surface area contributed by atoms with E-state index < -0.39 is 0 Å². The van der Waals surface area contributed by atoms with Crippen LogP contribution in [0.4, 0.5) is 11.5 Å². The standard InChI is InChI=1S/C24H23ClN6S/c1-32-24-27-20-14-29(21-7-3-5-16-4-2-6-19(25)22(16)21)9-8-18(20)23(28-24)30-10-11-31-15-26-12-17(31)13-30/h2-7,12,15H,8-11,13-14H2,1H3. The quantitative estimate of drug-likeness (QED) is 0.322. The van der Waals surface area contributed by atoms with Crippen LogP contribution < -0.4 is 9.80 Å². The third-order valence-corrected chi connectivity index (χ3v) is 7.30. The lowest BCUT2D eigenvalue weighted by Crippen LogP contribution is -2.37. The Morgan fingerprint density at radius 2 is 1.84 bits per heavy atom. The topological polar surface area (TPSA) is 50.1 Å². The molecule has 32 heavy (non-hydrogen) atoms. The fourth-order valence-corrected chi connectivity index (χ4v) is 5.51. The molecule has 4 heterocycles. The van der Waals surface area contributed by atoms with Crippen LogP contribution in [0.5, 0.6) is 0 Å². The number of hydrogen-bond donors (Lipinski definition) is 0. The van der Waals surface area contributed by atoms with E-state index in [2.05, 4.69) is 43.6 Å². The molecule has 0 spiro atoms. The van der Waals surface area contributed by atoms with E-state index in [4.69, 9.17) is 21.6 Å². The van der Waals surface area contributed by atoms with E-state index in [0.717, 1.165) is 66.2 Å². The Morgan fingerprint density at radius 3 is 2.72 bits per heavy atom. The maximum atomic E-state index is 6.62. The number of imidazole rings is 1. The first-order chi connectivity index (χ1) is 15.7. The highest BCUT2D eigenvalue weighted by Crippen LogP contribution is 2.37. The van der Waals surface area contributed by atoms with Crippen LogP contribution in [-0.4, -0.2) is 38.9 Å². The van der Waals surface area contributed by atoms with Gasteiger partial charge in [0, 0.05) is 42.5 Å². The predicted molar refractivity (Wildman–Crippen MR) is 131 cm³/mol. The first kappa shape index (κ1) is 19.9. The van der Waals surface area contributed by atoms with E-state index in [1.807, 2.05) is 30.9 Å². The van der Waals surface area contributed by atoms with Crippen molar-refractivity contribution in [1.82, 2.24) is 19.5 Å². The second-order valence-corrected chi connectivity index (χ2v) is 9.43. The van der Waals surface area contributed by atoms with E-state index in [-0.39, 0.29) is 0 Å². The van der Waals surface area contributed by atoms with Gasteiger partial charge in [-0.25, -0.2) is 15.0 Å². The molecule has 0 bridgehead atoms. The van der Waals surface area contributed by atoms with Crippen molar-refractivity contribution >= 4 is 45.6 Å². The molecule has 0 radical (unpaired) electrons. The van der Waals surface area contributed by atoms with E-state index in [1.165, 1.54) is 22.3 Å². The van der Waals surface area contributed by atoms with Crippen LogP contribution in [0.25, 0.3) is 10.8 Å². The third-order valence-electron chi connectivity index (χ3n) is 6.44. The molecular formula is C24H23ClN6S. The first-order valence-corrected chi connectivity index (χ1v) is 12.4. The first-order valence-electron chi connectivity index (χ1n) is 10.8. The number of benzene rings is 2. The molecule has 2 aromatic heterocycles. The molecule has 0 amide bonds. The van der Waals surface area contributed by atoms with Gasteiger partial charge in [-0.05, 0) is 30.2 Å². The zero-order valence-electron chi connectivity index (χ0n) is 17.8. The molecule has 8 heteroatoms. The van der Waals surface area contributed by atoms with Crippen molar-refractivity contribution < 1.29 is 0 Å². The highest BCUT2D eigenvalue weighted by Gasteiger charge is 2.28. The zero-order chi connectivity index (χ0) is 21.7. The van der Waals surface area contributed by atoms with Crippen molar-refractivity contribution in [2.24, 2.45) is 0 Å². The Balaban J connectivity index is 1.39. The van der Waals surface area contributed by atoms with Crippen molar-refractivity contribution in [1.29, 1.82) is 0 Å². The molecule has 6 rings (SSSR count). The Labute approximate surface area is 196 Å². The average Bonchev–Trinajstić information content (AvgIpc) is 3.31. The molecule has 0 atom stereocenters. The molecule has 0 unspecified atom stereocenters. The number of fused-ring (bicyclic) bond motifs is 3. The zero-order valence-corrected chi connectivity index (χ0v) is 19.4. The summed E-state index contributed by atoms with van der Waals surface area (Å²) < 4.78 is 2.23. The maximum absolute atomic E-state index is 6.62. The van der Waals surface area contributed by atoms with Crippen LogP contribution in [-0.2, 0) is 26.1 Å². The van der Waals surface area contributed by atoms with Crippen LogP contribution in [0.15, 0.2) is 54.1 Å². The molecule has 0 saturated heterocycles. The monoisotopic (exact) mass is 462 g/mol. The van der Waals surface area contributed by atoms with Crippen LogP contribution in [0.3, 0.4) is 0 Å². The summed E-state index contributed by atoms with van der Waals surface area (Å²) in [7, 11) is 0. The number of hydrogen-bond acceptors (Lipinski definition) is 6. The number of nitrogens with zero attached hydrogens (tertiary/aromatic N) is 6. The Bertz CT molecular complexity index is 1310. The number of rotatable bonds is 3. The Morgan fingerprint density at radius 1 is 0.969 bits per heavy atom. The summed E-state index contributed by atoms with van der Waals surface area (Å²) >= 11 is 8.22. The number of thioether (sulfide) groups is 1. The van der Waals surface area contributed by atoms with Gasteiger partial charge in [-0.1, -0.05) is 47.6 Å². The Hall–Kier alpha value is -2.77. The number of anilines is 2. The summed E-state index contributed by atoms with van der Waals surface area (Å²) in [4.78, 5) is 19.0. The lowest BCUT2D eigenvalue weighted by atomic mass is 10.0. The van der Waals surface area contributed by atoms with Crippen LogP contribution >= 0.6 is 23.4 Å². The maximum Gasteiger partial charge on any atom is 0.189 e. The van der Waals surface area contributed by atoms with Gasteiger partial charge in [-0.15, -0.1) is 0 Å². The highest BCUT2D eigenvalue weighted by atomic mass is 35.5. The summed E-state index contributed by atoms with van der Waals surface area (Å²) in [6.07, 6.45) is 6.84. The van der Waals surface area contributed by atoms with Gasteiger partial charge in [0.2, 0.25) is 0 Å². The van der Waals surface area contributed by atoms with Crippen molar-refractivity contribution in [3.05, 3.63) is 70.9 Å². The van der Waals surface area contributed by atoms with Gasteiger partial charge < -0.3 is 14.4 Å². The number of halogens is 1. The van der Waals surface area contributed by atoms with Crippen LogP contribution in [0.1, 0.15) is 17.0 Å². The smallest absolute Gasteiger partial charge is 0.189 e. The minimum absolute atomic E-state index is 0.758. The van der Waals surface area contributed by atoms with Crippen LogP contribution in [0.2, 0.25) is 5.02 Å². The number of aromatic nitrogens is 4. The molecule has 0 fully saturated rings. The van der Waals surface area contributed by atoms with Gasteiger partial charge in [-0.3, -0.25) is 0 Å². The van der Waals surface area contributed by atoms with Gasteiger partial charge in [-0.2, -0.15) is 0 Å². The van der Waals surface area contributed by atoms with E-state index in [0.29, 0.717) is 0 Å². The second-order valence-electron chi connectivity index (χ2n) is 8.25. The summed E-state index contributed by atoms with van der Waals surface area (Å²) in [5.41, 5.74) is 4.80. The normalized spacial score (nSPS) is 15.7. The third kappa shape index (κ3) is 3.31. The molecule has 4 aromatic rings. The van der Waals surface area contributed by atoms with Crippen molar-refractivity contribution in [3.63, 3.8) is 0 Å². The molecule has 6 nitrogen and oxygen atoms in total. The SMILES string of the molecule is CSc1nc2c(c(N3CCn4cncc4C3)n1)CCN(c1cccc3cccc(Cl)c13)C2. The summed E-state index contributed by atoms with van der Waals surface area (Å²) in [6.45, 7) is 4.37. The molecule has 162 valence electrons. The highest BCUT2D eigenvalue weighted by molar-refractivity contribution is 7.98. The Kier molecular flexibility index (Phi) is 4.96. The van der Waals surface area contributed by atoms with Crippen molar-refractivity contribution in [2.45, 2.75) is 31.2 Å². The van der Waals surface area contributed by atoms with E-state index >= 15 is 0 Å². The minimum atomic E-state index is 0.758. The van der Waals surface area contributed by atoms with E-state index in [1.54, 1.807) is 11.8 Å².